The van der Waals surface area contributed by atoms with Gasteiger partial charge in [-0.15, -0.1) is 0 Å². The highest BCUT2D eigenvalue weighted by molar-refractivity contribution is 6.18. The van der Waals surface area contributed by atoms with Crippen molar-refractivity contribution in [2.45, 2.75) is 6.04 Å². The number of ketones is 1. The lowest BCUT2D eigenvalue weighted by Gasteiger charge is -2.27. The molecule has 4 rings (SSSR count). The van der Waals surface area contributed by atoms with Gasteiger partial charge in [0.05, 0.1) is 41.3 Å². The van der Waals surface area contributed by atoms with Crippen LogP contribution in [0.5, 0.6) is 0 Å². The van der Waals surface area contributed by atoms with Crippen LogP contribution in [0.3, 0.4) is 0 Å². The third kappa shape index (κ3) is 2.79. The first-order valence-electron chi connectivity index (χ1n) is 7.96. The number of ether oxygens (including phenoxy) is 1. The molecule has 1 aliphatic heterocycles. The van der Waals surface area contributed by atoms with Crippen LogP contribution in [0.25, 0.3) is 11.0 Å². The highest BCUT2D eigenvalue weighted by Gasteiger charge is 2.28. The van der Waals surface area contributed by atoms with Crippen molar-refractivity contribution in [3.63, 3.8) is 0 Å². The standard InChI is InChI=1S/C17H13F2N5O3/c18-10-2-1-8(15(20)26)13(19)12(10)14(25)9-3-21-16-11(9)17(23-6-22-16)24-7-4-27-5-7/h1-3,6-7H,4-5H2,(H2,20,26)(H2,21,22,23,24). The molecule has 0 atom stereocenters. The number of benzene rings is 1. The van der Waals surface area contributed by atoms with Gasteiger partial charge in [0, 0.05) is 6.20 Å². The van der Waals surface area contributed by atoms with E-state index < -0.39 is 34.5 Å². The number of fused-ring (bicyclic) bond motifs is 1. The second kappa shape index (κ2) is 6.40. The monoisotopic (exact) mass is 373 g/mol. The number of nitrogens with one attached hydrogen (secondary N) is 2. The predicted octanol–water partition coefficient (Wildman–Crippen LogP) is 1.38. The molecule has 2 aromatic heterocycles. The topological polar surface area (TPSA) is 123 Å². The first kappa shape index (κ1) is 17.0. The Bertz CT molecular complexity index is 1080. The maximum Gasteiger partial charge on any atom is 0.251 e. The molecule has 0 aliphatic carbocycles. The SMILES string of the molecule is NC(=O)c1ccc(F)c(C(=O)c2c[nH]c3ncnc(NC4COC4)c23)c1F. The summed E-state index contributed by atoms with van der Waals surface area (Å²) in [6.07, 6.45) is 2.59. The average molecular weight is 373 g/mol. The van der Waals surface area contributed by atoms with E-state index in [4.69, 9.17) is 10.5 Å². The summed E-state index contributed by atoms with van der Waals surface area (Å²) in [6, 6.07) is 1.73. The van der Waals surface area contributed by atoms with E-state index >= 15 is 0 Å². The molecule has 0 spiro atoms. The molecule has 0 radical (unpaired) electrons. The summed E-state index contributed by atoms with van der Waals surface area (Å²) in [7, 11) is 0. The molecule has 27 heavy (non-hydrogen) atoms. The molecule has 138 valence electrons. The quantitative estimate of drug-likeness (QED) is 0.581. The van der Waals surface area contributed by atoms with Crippen LogP contribution in [0.4, 0.5) is 14.6 Å². The Hall–Kier alpha value is -3.40. The van der Waals surface area contributed by atoms with Crippen LogP contribution in [0.15, 0.2) is 24.7 Å². The Labute approximate surface area is 150 Å². The zero-order valence-corrected chi connectivity index (χ0v) is 13.8. The maximum atomic E-state index is 14.6. The van der Waals surface area contributed by atoms with Crippen LogP contribution >= 0.6 is 0 Å². The van der Waals surface area contributed by atoms with Crippen LogP contribution in [-0.4, -0.2) is 45.9 Å². The van der Waals surface area contributed by atoms with Gasteiger partial charge < -0.3 is 20.8 Å². The van der Waals surface area contributed by atoms with Gasteiger partial charge in [-0.05, 0) is 12.1 Å². The van der Waals surface area contributed by atoms with Crippen molar-refractivity contribution < 1.29 is 23.1 Å². The first-order valence-corrected chi connectivity index (χ1v) is 7.96. The molecule has 10 heteroatoms. The molecule has 0 bridgehead atoms. The van der Waals surface area contributed by atoms with Crippen molar-refractivity contribution in [2.24, 2.45) is 5.73 Å². The van der Waals surface area contributed by atoms with Gasteiger partial charge in [0.2, 0.25) is 5.78 Å². The van der Waals surface area contributed by atoms with E-state index in [2.05, 4.69) is 20.3 Å². The minimum atomic E-state index is -1.30. The van der Waals surface area contributed by atoms with Gasteiger partial charge in [-0.2, -0.15) is 0 Å². The minimum absolute atomic E-state index is 0.00705. The van der Waals surface area contributed by atoms with Crippen molar-refractivity contribution >= 4 is 28.5 Å². The number of carbonyl (C=O) groups is 2. The molecule has 1 aliphatic rings. The van der Waals surface area contributed by atoms with Gasteiger partial charge in [-0.3, -0.25) is 9.59 Å². The summed E-state index contributed by atoms with van der Waals surface area (Å²) < 4.78 is 33.9. The van der Waals surface area contributed by atoms with Crippen molar-refractivity contribution in [3.05, 3.63) is 53.0 Å². The number of halogens is 2. The van der Waals surface area contributed by atoms with Crippen molar-refractivity contribution in [3.8, 4) is 0 Å². The molecule has 4 N–H and O–H groups in total. The fourth-order valence-electron chi connectivity index (χ4n) is 2.85. The summed E-state index contributed by atoms with van der Waals surface area (Å²) in [5.41, 5.74) is 3.94. The van der Waals surface area contributed by atoms with E-state index in [1.54, 1.807) is 0 Å². The van der Waals surface area contributed by atoms with Crippen molar-refractivity contribution in [1.82, 2.24) is 15.0 Å². The number of H-pyrrole nitrogens is 1. The van der Waals surface area contributed by atoms with E-state index in [1.165, 1.54) is 12.5 Å². The fourth-order valence-corrected chi connectivity index (χ4v) is 2.85. The predicted molar refractivity (Wildman–Crippen MR) is 90.4 cm³/mol. The minimum Gasteiger partial charge on any atom is -0.377 e. The molecular weight excluding hydrogens is 360 g/mol. The summed E-state index contributed by atoms with van der Waals surface area (Å²) in [6.45, 7) is 0.951. The first-order chi connectivity index (χ1) is 13.0. The largest absolute Gasteiger partial charge is 0.377 e. The van der Waals surface area contributed by atoms with E-state index in [9.17, 15) is 18.4 Å². The zero-order chi connectivity index (χ0) is 19.1. The van der Waals surface area contributed by atoms with Gasteiger partial charge in [0.1, 0.15) is 29.4 Å². The van der Waals surface area contributed by atoms with Gasteiger partial charge in [0.25, 0.3) is 5.91 Å². The van der Waals surface area contributed by atoms with E-state index in [0.717, 1.165) is 12.1 Å². The third-order valence-corrected chi connectivity index (χ3v) is 4.28. The number of anilines is 1. The van der Waals surface area contributed by atoms with Crippen molar-refractivity contribution in [1.29, 1.82) is 0 Å². The van der Waals surface area contributed by atoms with Crippen LogP contribution in [-0.2, 0) is 4.74 Å². The Balaban J connectivity index is 1.84. The Morgan fingerprint density at radius 1 is 1.22 bits per heavy atom. The third-order valence-electron chi connectivity index (χ3n) is 4.28. The second-order valence-electron chi connectivity index (χ2n) is 6.00. The molecule has 8 nitrogen and oxygen atoms in total. The van der Waals surface area contributed by atoms with Gasteiger partial charge in [0.15, 0.2) is 0 Å². The summed E-state index contributed by atoms with van der Waals surface area (Å²) in [4.78, 5) is 35.2. The molecule has 3 aromatic rings. The molecule has 1 fully saturated rings. The van der Waals surface area contributed by atoms with Gasteiger partial charge in [-0.25, -0.2) is 18.7 Å². The molecule has 3 heterocycles. The second-order valence-corrected chi connectivity index (χ2v) is 6.00. The maximum absolute atomic E-state index is 14.6. The number of hydrogen-bond acceptors (Lipinski definition) is 6. The number of aromatic nitrogens is 3. The lowest BCUT2D eigenvalue weighted by Crippen LogP contribution is -2.40. The fraction of sp³-hybridized carbons (Fsp3) is 0.176. The van der Waals surface area contributed by atoms with Crippen LogP contribution < -0.4 is 11.1 Å². The molecule has 0 unspecified atom stereocenters. The number of rotatable bonds is 5. The number of nitrogens with zero attached hydrogens (tertiary/aromatic N) is 2. The average Bonchev–Trinajstić information content (AvgIpc) is 3.02. The van der Waals surface area contributed by atoms with Crippen LogP contribution in [0, 0.1) is 11.6 Å². The van der Waals surface area contributed by atoms with E-state index in [1.807, 2.05) is 0 Å². The molecular formula is C17H13F2N5O3. The molecule has 1 saturated heterocycles. The number of nitrogens with two attached hydrogens (primary N) is 1. The smallest absolute Gasteiger partial charge is 0.251 e. The summed E-state index contributed by atoms with van der Waals surface area (Å²) in [5.74, 6) is -4.13. The van der Waals surface area contributed by atoms with Gasteiger partial charge in [-0.1, -0.05) is 0 Å². The van der Waals surface area contributed by atoms with Gasteiger partial charge >= 0.3 is 0 Å². The molecule has 0 saturated carbocycles. The van der Waals surface area contributed by atoms with Crippen LogP contribution in [0.1, 0.15) is 26.3 Å². The number of primary amides is 1. The van der Waals surface area contributed by atoms with Crippen LogP contribution in [0.2, 0.25) is 0 Å². The number of hydrogen-bond donors (Lipinski definition) is 3. The highest BCUT2D eigenvalue weighted by Crippen LogP contribution is 2.29. The summed E-state index contributed by atoms with van der Waals surface area (Å²) >= 11 is 0. The molecule has 1 amide bonds. The zero-order valence-electron chi connectivity index (χ0n) is 13.8. The number of carbonyl (C=O) groups excluding carboxylic acids is 2. The molecule has 1 aromatic carbocycles. The van der Waals surface area contributed by atoms with E-state index in [-0.39, 0.29) is 17.0 Å². The normalized spacial score (nSPS) is 14.1. The number of amides is 1. The Morgan fingerprint density at radius 3 is 2.67 bits per heavy atom. The number of aromatic amines is 1. The van der Waals surface area contributed by atoms with E-state index in [0.29, 0.717) is 24.7 Å². The Morgan fingerprint density at radius 2 is 2.00 bits per heavy atom. The van der Waals surface area contributed by atoms with Crippen molar-refractivity contribution in [2.75, 3.05) is 18.5 Å². The Kier molecular flexibility index (Phi) is 4.04. The summed E-state index contributed by atoms with van der Waals surface area (Å²) in [5, 5.41) is 3.39. The lowest BCUT2D eigenvalue weighted by atomic mass is 9.99. The highest BCUT2D eigenvalue weighted by atomic mass is 19.1. The lowest BCUT2D eigenvalue weighted by molar-refractivity contribution is 0.0210.